The van der Waals surface area contributed by atoms with Crippen molar-refractivity contribution < 1.29 is 19.1 Å². The normalized spacial score (nSPS) is 14.4. The fourth-order valence-corrected chi connectivity index (χ4v) is 2.64. The second-order valence-electron chi connectivity index (χ2n) is 5.71. The number of esters is 1. The summed E-state index contributed by atoms with van der Waals surface area (Å²) < 4.78 is 4.83. The molecule has 6 heteroatoms. The van der Waals surface area contributed by atoms with Crippen LogP contribution in [0.25, 0.3) is 0 Å². The number of hydrogen-bond donors (Lipinski definition) is 1. The van der Waals surface area contributed by atoms with Crippen LogP contribution in [0.1, 0.15) is 49.4 Å². The molecule has 0 aromatic heterocycles. The van der Waals surface area contributed by atoms with E-state index in [4.69, 9.17) is 4.74 Å². The Morgan fingerprint density at radius 2 is 1.96 bits per heavy atom. The maximum Gasteiger partial charge on any atom is 0.305 e. The Bertz CT molecular complexity index is 583. The molecule has 0 atom stereocenters. The highest BCUT2D eigenvalue weighted by Gasteiger charge is 2.19. The topological polar surface area (TPSA) is 75.7 Å². The SMILES string of the molecule is CCOC(=O)CCCNC(=O)c1ccc(N2CCCCC2=O)cc1. The van der Waals surface area contributed by atoms with Gasteiger partial charge in [-0.15, -0.1) is 0 Å². The maximum atomic E-state index is 12.1. The van der Waals surface area contributed by atoms with E-state index in [0.29, 0.717) is 38.0 Å². The Morgan fingerprint density at radius 1 is 1.21 bits per heavy atom. The lowest BCUT2D eigenvalue weighted by Gasteiger charge is -2.26. The first-order chi connectivity index (χ1) is 11.6. The minimum atomic E-state index is -0.248. The lowest BCUT2D eigenvalue weighted by molar-refractivity contribution is -0.143. The van der Waals surface area contributed by atoms with Gasteiger partial charge in [0, 0.05) is 37.2 Å². The quantitative estimate of drug-likeness (QED) is 0.614. The molecule has 2 rings (SSSR count). The third kappa shape index (κ3) is 5.08. The number of amides is 2. The molecule has 0 spiro atoms. The van der Waals surface area contributed by atoms with Crippen LogP contribution in [0, 0.1) is 0 Å². The Morgan fingerprint density at radius 3 is 2.62 bits per heavy atom. The summed E-state index contributed by atoms with van der Waals surface area (Å²) in [5.41, 5.74) is 1.37. The highest BCUT2D eigenvalue weighted by Crippen LogP contribution is 2.21. The van der Waals surface area contributed by atoms with E-state index < -0.39 is 0 Å². The molecule has 1 N–H and O–H groups in total. The molecule has 1 fully saturated rings. The number of carbonyl (C=O) groups is 3. The number of piperidine rings is 1. The molecule has 0 radical (unpaired) electrons. The van der Waals surface area contributed by atoms with Crippen LogP contribution in [0.4, 0.5) is 5.69 Å². The van der Waals surface area contributed by atoms with Gasteiger partial charge in [0.1, 0.15) is 0 Å². The van der Waals surface area contributed by atoms with Gasteiger partial charge in [-0.3, -0.25) is 14.4 Å². The number of carbonyl (C=O) groups excluding carboxylic acids is 3. The molecule has 0 saturated carbocycles. The third-order valence-corrected chi connectivity index (χ3v) is 3.91. The Kier molecular flexibility index (Phi) is 6.78. The first-order valence-corrected chi connectivity index (χ1v) is 8.46. The zero-order valence-corrected chi connectivity index (χ0v) is 14.0. The third-order valence-electron chi connectivity index (χ3n) is 3.91. The summed E-state index contributed by atoms with van der Waals surface area (Å²) in [6.45, 7) is 3.29. The van der Waals surface area contributed by atoms with Crippen LogP contribution in [0.3, 0.4) is 0 Å². The summed E-state index contributed by atoms with van der Waals surface area (Å²) in [5, 5.41) is 2.78. The molecule has 0 unspecified atom stereocenters. The Labute approximate surface area is 142 Å². The van der Waals surface area contributed by atoms with E-state index in [9.17, 15) is 14.4 Å². The molecule has 6 nitrogen and oxygen atoms in total. The lowest BCUT2D eigenvalue weighted by Crippen LogP contribution is -2.35. The van der Waals surface area contributed by atoms with Crippen LogP contribution in [0.5, 0.6) is 0 Å². The highest BCUT2D eigenvalue weighted by molar-refractivity contribution is 5.96. The number of nitrogens with zero attached hydrogens (tertiary/aromatic N) is 1. The summed E-state index contributed by atoms with van der Waals surface area (Å²) in [6, 6.07) is 7.04. The van der Waals surface area contributed by atoms with Crippen molar-refractivity contribution in [3.05, 3.63) is 29.8 Å². The minimum Gasteiger partial charge on any atom is -0.466 e. The molecule has 2 amide bonds. The first-order valence-electron chi connectivity index (χ1n) is 8.46. The van der Waals surface area contributed by atoms with Crippen LogP contribution < -0.4 is 10.2 Å². The monoisotopic (exact) mass is 332 g/mol. The van der Waals surface area contributed by atoms with Crippen molar-refractivity contribution >= 4 is 23.5 Å². The van der Waals surface area contributed by atoms with Gasteiger partial charge in [0.15, 0.2) is 0 Å². The van der Waals surface area contributed by atoms with Gasteiger partial charge in [0.2, 0.25) is 5.91 Å². The number of benzene rings is 1. The van der Waals surface area contributed by atoms with Gasteiger partial charge in [-0.05, 0) is 50.5 Å². The minimum absolute atomic E-state index is 0.136. The average molecular weight is 332 g/mol. The van der Waals surface area contributed by atoms with Crippen LogP contribution in [-0.4, -0.2) is 37.5 Å². The lowest BCUT2D eigenvalue weighted by atomic mass is 10.1. The second-order valence-corrected chi connectivity index (χ2v) is 5.71. The van der Waals surface area contributed by atoms with E-state index >= 15 is 0 Å². The summed E-state index contributed by atoms with van der Waals surface area (Å²) >= 11 is 0. The van der Waals surface area contributed by atoms with Crippen molar-refractivity contribution in [1.82, 2.24) is 5.32 Å². The van der Waals surface area contributed by atoms with Crippen molar-refractivity contribution in [3.8, 4) is 0 Å². The fraction of sp³-hybridized carbons (Fsp3) is 0.500. The zero-order chi connectivity index (χ0) is 17.4. The van der Waals surface area contributed by atoms with Gasteiger partial charge < -0.3 is 15.0 Å². The molecule has 0 aliphatic carbocycles. The largest absolute Gasteiger partial charge is 0.466 e. The number of hydrogen-bond acceptors (Lipinski definition) is 4. The molecule has 1 heterocycles. The zero-order valence-electron chi connectivity index (χ0n) is 14.0. The van der Waals surface area contributed by atoms with E-state index in [1.54, 1.807) is 36.1 Å². The molecule has 1 aliphatic rings. The predicted molar refractivity (Wildman–Crippen MR) is 90.8 cm³/mol. The van der Waals surface area contributed by atoms with Gasteiger partial charge >= 0.3 is 5.97 Å². The van der Waals surface area contributed by atoms with Crippen molar-refractivity contribution in [2.45, 2.75) is 39.0 Å². The molecule has 0 bridgehead atoms. The van der Waals surface area contributed by atoms with Gasteiger partial charge in [-0.1, -0.05) is 0 Å². The van der Waals surface area contributed by atoms with Gasteiger partial charge in [0.25, 0.3) is 5.91 Å². The summed E-state index contributed by atoms with van der Waals surface area (Å²) in [7, 11) is 0. The highest BCUT2D eigenvalue weighted by atomic mass is 16.5. The van der Waals surface area contributed by atoms with Gasteiger partial charge in [0.05, 0.1) is 6.61 Å². The number of ether oxygens (including phenoxy) is 1. The number of anilines is 1. The fourth-order valence-electron chi connectivity index (χ4n) is 2.64. The molecule has 130 valence electrons. The second kappa shape index (κ2) is 9.05. The smallest absolute Gasteiger partial charge is 0.305 e. The van der Waals surface area contributed by atoms with Crippen molar-refractivity contribution in [3.63, 3.8) is 0 Å². The average Bonchev–Trinajstić information content (AvgIpc) is 2.59. The Balaban J connectivity index is 1.80. The Hall–Kier alpha value is -2.37. The van der Waals surface area contributed by atoms with Crippen LogP contribution in [-0.2, 0) is 14.3 Å². The molecule has 1 aromatic carbocycles. The maximum absolute atomic E-state index is 12.1. The molecule has 1 aliphatic heterocycles. The van der Waals surface area contributed by atoms with E-state index in [1.165, 1.54) is 0 Å². The van der Waals surface area contributed by atoms with E-state index in [2.05, 4.69) is 5.32 Å². The van der Waals surface area contributed by atoms with Crippen molar-refractivity contribution in [2.75, 3.05) is 24.6 Å². The van der Waals surface area contributed by atoms with E-state index in [-0.39, 0.29) is 17.8 Å². The van der Waals surface area contributed by atoms with Crippen LogP contribution >= 0.6 is 0 Å². The van der Waals surface area contributed by atoms with Gasteiger partial charge in [-0.25, -0.2) is 0 Å². The van der Waals surface area contributed by atoms with Crippen molar-refractivity contribution in [1.29, 1.82) is 0 Å². The summed E-state index contributed by atoms with van der Waals surface area (Å²) in [5.74, 6) is -0.296. The van der Waals surface area contributed by atoms with Crippen LogP contribution in [0.15, 0.2) is 24.3 Å². The molecule has 1 aromatic rings. The standard InChI is InChI=1S/C18H24N2O4/c1-2-24-17(22)7-5-12-19-18(23)14-8-10-15(11-9-14)20-13-4-3-6-16(20)21/h8-11H,2-7,12-13H2,1H3,(H,19,23). The van der Waals surface area contributed by atoms with E-state index in [0.717, 1.165) is 25.1 Å². The number of rotatable bonds is 7. The predicted octanol–water partition coefficient (Wildman–Crippen LogP) is 2.28. The van der Waals surface area contributed by atoms with E-state index in [1.807, 2.05) is 0 Å². The summed E-state index contributed by atoms with van der Waals surface area (Å²) in [4.78, 5) is 36.9. The number of nitrogens with one attached hydrogen (secondary N) is 1. The molecular weight excluding hydrogens is 308 g/mol. The first kappa shape index (κ1) is 18.0. The van der Waals surface area contributed by atoms with Crippen molar-refractivity contribution in [2.24, 2.45) is 0 Å². The molecule has 24 heavy (non-hydrogen) atoms. The molecular formula is C18H24N2O4. The van der Waals surface area contributed by atoms with Crippen LogP contribution in [0.2, 0.25) is 0 Å². The summed E-state index contributed by atoms with van der Waals surface area (Å²) in [6.07, 6.45) is 3.38. The molecule has 1 saturated heterocycles. The van der Waals surface area contributed by atoms with Gasteiger partial charge in [-0.2, -0.15) is 0 Å².